The van der Waals surface area contributed by atoms with Crippen molar-refractivity contribution in [1.29, 1.82) is 0 Å². The van der Waals surface area contributed by atoms with E-state index in [-0.39, 0.29) is 5.13 Å². The third-order valence-electron chi connectivity index (χ3n) is 0.970. The maximum Gasteiger partial charge on any atom is 0.315 e. The number of hydrogen-bond acceptors (Lipinski definition) is 5. The topological polar surface area (TPSA) is 98.0 Å². The summed E-state index contributed by atoms with van der Waals surface area (Å²) in [6.07, 6.45) is 0. The molecule has 0 aromatic carbocycles. The number of aryl methyl sites for hydroxylation is 1. The summed E-state index contributed by atoms with van der Waals surface area (Å²) in [5.41, 5.74) is 4.70. The molecule has 3 N–H and O–H groups in total. The first-order chi connectivity index (χ1) is 5.59. The maximum absolute atomic E-state index is 10.7. The van der Waals surface area contributed by atoms with Gasteiger partial charge in [0.2, 0.25) is 5.13 Å². The zero-order valence-corrected chi connectivity index (χ0v) is 7.01. The zero-order valence-electron chi connectivity index (χ0n) is 6.20. The van der Waals surface area contributed by atoms with E-state index in [9.17, 15) is 9.59 Å². The Kier molecular flexibility index (Phi) is 2.34. The van der Waals surface area contributed by atoms with Crippen molar-refractivity contribution in [3.8, 4) is 0 Å². The predicted octanol–water partition coefficient (Wildman–Crippen LogP) is -0.730. The van der Waals surface area contributed by atoms with E-state index in [1.807, 2.05) is 0 Å². The lowest BCUT2D eigenvalue weighted by atomic mass is 10.6. The number of anilines is 1. The number of nitrogens with one attached hydrogen (secondary N) is 1. The van der Waals surface area contributed by atoms with Crippen molar-refractivity contribution in [1.82, 2.24) is 10.2 Å². The number of carbonyl (C=O) groups excluding carboxylic acids is 2. The van der Waals surface area contributed by atoms with E-state index in [1.165, 1.54) is 11.3 Å². The van der Waals surface area contributed by atoms with E-state index < -0.39 is 11.8 Å². The quantitative estimate of drug-likeness (QED) is 0.565. The largest absolute Gasteiger partial charge is 0.361 e. The Hall–Kier alpha value is -1.50. The van der Waals surface area contributed by atoms with E-state index in [0.717, 1.165) is 0 Å². The van der Waals surface area contributed by atoms with Crippen LogP contribution in [0, 0.1) is 6.92 Å². The van der Waals surface area contributed by atoms with E-state index >= 15 is 0 Å². The first-order valence-corrected chi connectivity index (χ1v) is 3.82. The molecular formula is C5H6N4O2S. The lowest BCUT2D eigenvalue weighted by molar-refractivity contribution is -0.134. The van der Waals surface area contributed by atoms with Gasteiger partial charge in [0.25, 0.3) is 0 Å². The smallest absolute Gasteiger partial charge is 0.315 e. The average Bonchev–Trinajstić information content (AvgIpc) is 2.35. The summed E-state index contributed by atoms with van der Waals surface area (Å²) in [6.45, 7) is 1.73. The molecule has 1 aromatic rings. The highest BCUT2D eigenvalue weighted by Gasteiger charge is 2.10. The first-order valence-electron chi connectivity index (χ1n) is 3.00. The normalized spacial score (nSPS) is 9.42. The van der Waals surface area contributed by atoms with E-state index in [1.54, 1.807) is 6.92 Å². The fourth-order valence-corrected chi connectivity index (χ4v) is 1.09. The van der Waals surface area contributed by atoms with Crippen molar-refractivity contribution < 1.29 is 9.59 Å². The number of primary amides is 1. The van der Waals surface area contributed by atoms with Crippen LogP contribution in [0.1, 0.15) is 5.01 Å². The van der Waals surface area contributed by atoms with Gasteiger partial charge in [-0.05, 0) is 6.92 Å². The third kappa shape index (κ3) is 1.99. The number of nitrogens with two attached hydrogens (primary N) is 1. The van der Waals surface area contributed by atoms with Crippen LogP contribution in [0.3, 0.4) is 0 Å². The predicted molar refractivity (Wildman–Crippen MR) is 42.5 cm³/mol. The van der Waals surface area contributed by atoms with Crippen molar-refractivity contribution in [2.75, 3.05) is 5.32 Å². The van der Waals surface area contributed by atoms with Gasteiger partial charge in [-0.15, -0.1) is 10.2 Å². The summed E-state index contributed by atoms with van der Waals surface area (Å²) in [5.74, 6) is -1.92. The second-order valence-electron chi connectivity index (χ2n) is 1.94. The highest BCUT2D eigenvalue weighted by molar-refractivity contribution is 7.15. The van der Waals surface area contributed by atoms with E-state index in [2.05, 4.69) is 15.5 Å². The lowest BCUT2D eigenvalue weighted by Gasteiger charge is -1.93. The van der Waals surface area contributed by atoms with Crippen LogP contribution in [0.2, 0.25) is 0 Å². The Morgan fingerprint density at radius 1 is 1.50 bits per heavy atom. The van der Waals surface area contributed by atoms with Gasteiger partial charge in [-0.3, -0.25) is 14.9 Å². The number of rotatable bonds is 1. The van der Waals surface area contributed by atoms with Crippen LogP contribution < -0.4 is 11.1 Å². The third-order valence-corrected chi connectivity index (χ3v) is 1.72. The molecule has 6 nitrogen and oxygen atoms in total. The van der Waals surface area contributed by atoms with Crippen LogP contribution >= 0.6 is 11.3 Å². The van der Waals surface area contributed by atoms with Crippen LogP contribution in [0.4, 0.5) is 5.13 Å². The second kappa shape index (κ2) is 3.26. The van der Waals surface area contributed by atoms with Crippen molar-refractivity contribution >= 4 is 28.3 Å². The summed E-state index contributed by atoms with van der Waals surface area (Å²) >= 11 is 1.17. The molecular weight excluding hydrogens is 180 g/mol. The van der Waals surface area contributed by atoms with Gasteiger partial charge in [0.05, 0.1) is 0 Å². The number of nitrogens with zero attached hydrogens (tertiary/aromatic N) is 2. The first kappa shape index (κ1) is 8.60. The minimum absolute atomic E-state index is 0.274. The number of hydrogen-bond donors (Lipinski definition) is 2. The summed E-state index contributed by atoms with van der Waals surface area (Å²) in [7, 11) is 0. The SMILES string of the molecule is Cc1nnc(NC(=O)C(N)=O)s1. The van der Waals surface area contributed by atoms with Gasteiger partial charge < -0.3 is 5.73 Å². The highest BCUT2D eigenvalue weighted by Crippen LogP contribution is 2.12. The van der Waals surface area contributed by atoms with Gasteiger partial charge in [-0.2, -0.15) is 0 Å². The zero-order chi connectivity index (χ0) is 9.14. The lowest BCUT2D eigenvalue weighted by Crippen LogP contribution is -2.29. The summed E-state index contributed by atoms with van der Waals surface area (Å²) in [4.78, 5) is 21.0. The average molecular weight is 186 g/mol. The molecule has 64 valence electrons. The van der Waals surface area contributed by atoms with E-state index in [0.29, 0.717) is 5.01 Å². The molecule has 0 fully saturated rings. The number of carbonyl (C=O) groups is 2. The monoisotopic (exact) mass is 186 g/mol. The molecule has 1 rings (SSSR count). The van der Waals surface area contributed by atoms with Crippen LogP contribution in [0.5, 0.6) is 0 Å². The van der Waals surface area contributed by atoms with Crippen molar-refractivity contribution in [3.63, 3.8) is 0 Å². The molecule has 2 amide bonds. The molecule has 0 saturated carbocycles. The van der Waals surface area contributed by atoms with Gasteiger partial charge in [-0.25, -0.2) is 0 Å². The van der Waals surface area contributed by atoms with Crippen molar-refractivity contribution in [2.24, 2.45) is 5.73 Å². The molecule has 0 spiro atoms. The molecule has 1 heterocycles. The van der Waals surface area contributed by atoms with Gasteiger partial charge in [0, 0.05) is 0 Å². The Morgan fingerprint density at radius 3 is 2.58 bits per heavy atom. The second-order valence-corrected chi connectivity index (χ2v) is 3.13. The van der Waals surface area contributed by atoms with Crippen molar-refractivity contribution in [3.05, 3.63) is 5.01 Å². The highest BCUT2D eigenvalue weighted by atomic mass is 32.1. The van der Waals surface area contributed by atoms with Crippen molar-refractivity contribution in [2.45, 2.75) is 6.92 Å². The van der Waals surface area contributed by atoms with E-state index in [4.69, 9.17) is 5.73 Å². The molecule has 0 atom stereocenters. The Morgan fingerprint density at radius 2 is 2.17 bits per heavy atom. The summed E-state index contributed by atoms with van der Waals surface area (Å²) in [5, 5.41) is 10.4. The molecule has 0 aliphatic heterocycles. The fourth-order valence-electron chi connectivity index (χ4n) is 0.506. The molecule has 0 aliphatic carbocycles. The van der Waals surface area contributed by atoms with Crippen LogP contribution in [-0.2, 0) is 9.59 Å². The molecule has 0 bridgehead atoms. The van der Waals surface area contributed by atoms with Gasteiger partial charge in [0.1, 0.15) is 5.01 Å². The molecule has 0 unspecified atom stereocenters. The van der Waals surface area contributed by atoms with Gasteiger partial charge in [0.15, 0.2) is 0 Å². The Labute approximate surface area is 71.8 Å². The molecule has 7 heteroatoms. The Balaban J connectivity index is 2.64. The fraction of sp³-hybridized carbons (Fsp3) is 0.200. The standard InChI is InChI=1S/C5H6N4O2S/c1-2-8-9-5(12-2)7-4(11)3(6)10/h1H3,(H2,6,10)(H,7,9,11). The molecule has 0 radical (unpaired) electrons. The number of aromatic nitrogens is 2. The molecule has 0 saturated heterocycles. The van der Waals surface area contributed by atoms with Crippen LogP contribution in [0.25, 0.3) is 0 Å². The number of amides is 2. The molecule has 0 aliphatic rings. The maximum atomic E-state index is 10.7. The van der Waals surface area contributed by atoms with Crippen LogP contribution in [-0.4, -0.2) is 22.0 Å². The summed E-state index contributed by atoms with van der Waals surface area (Å²) in [6, 6.07) is 0. The molecule has 12 heavy (non-hydrogen) atoms. The van der Waals surface area contributed by atoms with Gasteiger partial charge in [-0.1, -0.05) is 11.3 Å². The minimum atomic E-state index is -1.04. The van der Waals surface area contributed by atoms with Crippen LogP contribution in [0.15, 0.2) is 0 Å². The molecule has 1 aromatic heterocycles. The van der Waals surface area contributed by atoms with Gasteiger partial charge >= 0.3 is 11.8 Å². The summed E-state index contributed by atoms with van der Waals surface area (Å²) < 4.78 is 0. The Bertz CT molecular complexity index is 321. The minimum Gasteiger partial charge on any atom is -0.361 e.